The summed E-state index contributed by atoms with van der Waals surface area (Å²) in [6, 6.07) is 19.0. The lowest BCUT2D eigenvalue weighted by Crippen LogP contribution is -2.13. The van der Waals surface area contributed by atoms with E-state index in [4.69, 9.17) is 11.6 Å². The summed E-state index contributed by atoms with van der Waals surface area (Å²) in [5.41, 5.74) is 3.34. The average molecular weight is 426 g/mol. The topological polar surface area (TPSA) is 91.9 Å². The van der Waals surface area contributed by atoms with Gasteiger partial charge >= 0.3 is 0 Å². The van der Waals surface area contributed by atoms with Crippen LogP contribution in [0.1, 0.15) is 10.4 Å². The number of para-hydroxylation sites is 2. The third-order valence-electron chi connectivity index (χ3n) is 4.42. The van der Waals surface area contributed by atoms with Gasteiger partial charge in [0.15, 0.2) is 9.84 Å². The molecule has 4 rings (SSSR count). The molecule has 0 saturated heterocycles. The van der Waals surface area contributed by atoms with E-state index < -0.39 is 15.7 Å². The second-order valence-corrected chi connectivity index (χ2v) is 8.97. The molecular formula is C21H16ClN3O3S. The second kappa shape index (κ2) is 7.35. The van der Waals surface area contributed by atoms with E-state index in [0.717, 1.165) is 28.7 Å². The van der Waals surface area contributed by atoms with Crippen molar-refractivity contribution < 1.29 is 13.2 Å². The van der Waals surface area contributed by atoms with E-state index >= 15 is 0 Å². The number of carbonyl (C=O) groups excluding carboxylic acids is 1. The van der Waals surface area contributed by atoms with E-state index in [2.05, 4.69) is 15.3 Å². The Labute approximate surface area is 172 Å². The van der Waals surface area contributed by atoms with Gasteiger partial charge in [0, 0.05) is 17.5 Å². The predicted molar refractivity (Wildman–Crippen MR) is 114 cm³/mol. The highest BCUT2D eigenvalue weighted by Crippen LogP contribution is 2.24. The number of fused-ring (bicyclic) bond motifs is 1. The maximum Gasteiger partial charge on any atom is 0.257 e. The first-order valence-corrected chi connectivity index (χ1v) is 10.9. The Morgan fingerprint density at radius 3 is 2.45 bits per heavy atom. The van der Waals surface area contributed by atoms with Gasteiger partial charge in [0.25, 0.3) is 5.91 Å². The van der Waals surface area contributed by atoms with Crippen LogP contribution in [-0.4, -0.2) is 30.5 Å². The van der Waals surface area contributed by atoms with Gasteiger partial charge in [-0.05, 0) is 54.6 Å². The Morgan fingerprint density at radius 2 is 1.76 bits per heavy atom. The largest absolute Gasteiger partial charge is 0.338 e. The molecule has 0 bridgehead atoms. The third-order valence-corrected chi connectivity index (χ3v) is 5.86. The number of aromatic amines is 1. The van der Waals surface area contributed by atoms with Crippen molar-refractivity contribution in [1.82, 2.24) is 9.97 Å². The third kappa shape index (κ3) is 4.01. The summed E-state index contributed by atoms with van der Waals surface area (Å²) in [5, 5.41) is 2.91. The van der Waals surface area contributed by atoms with Crippen LogP contribution in [-0.2, 0) is 9.84 Å². The van der Waals surface area contributed by atoms with E-state index in [9.17, 15) is 13.2 Å². The molecule has 0 unspecified atom stereocenters. The number of nitrogens with zero attached hydrogens (tertiary/aromatic N) is 1. The maximum atomic E-state index is 12.6. The van der Waals surface area contributed by atoms with Gasteiger partial charge in [-0.2, -0.15) is 0 Å². The van der Waals surface area contributed by atoms with Crippen LogP contribution in [0.15, 0.2) is 71.6 Å². The maximum absolute atomic E-state index is 12.6. The van der Waals surface area contributed by atoms with Gasteiger partial charge < -0.3 is 10.3 Å². The highest BCUT2D eigenvalue weighted by Gasteiger charge is 2.16. The summed E-state index contributed by atoms with van der Waals surface area (Å²) in [6.45, 7) is 0. The highest BCUT2D eigenvalue weighted by molar-refractivity contribution is 7.90. The number of benzene rings is 3. The van der Waals surface area contributed by atoms with Gasteiger partial charge in [0.05, 0.1) is 26.5 Å². The fourth-order valence-corrected chi connectivity index (χ4v) is 3.76. The van der Waals surface area contributed by atoms with Gasteiger partial charge in [-0.15, -0.1) is 0 Å². The standard InChI is InChI=1S/C21H16ClN3O3S/c1-29(27,28)15-10-11-17(22)16(12-15)21(26)23-14-8-6-13(7-9-14)20-24-18-4-2-3-5-19(18)25-20/h2-12H,1H3,(H,23,26)(H,24,25). The number of anilines is 1. The van der Waals surface area contributed by atoms with Gasteiger partial charge in [0.2, 0.25) is 0 Å². The lowest BCUT2D eigenvalue weighted by atomic mass is 10.1. The summed E-state index contributed by atoms with van der Waals surface area (Å²) in [6.07, 6.45) is 1.08. The number of hydrogen-bond acceptors (Lipinski definition) is 4. The molecule has 0 atom stereocenters. The van der Waals surface area contributed by atoms with Crippen LogP contribution in [0, 0.1) is 0 Å². The lowest BCUT2D eigenvalue weighted by Gasteiger charge is -2.09. The SMILES string of the molecule is CS(=O)(=O)c1ccc(Cl)c(C(=O)Nc2ccc(-c3nc4ccccc4[nH]3)cc2)c1. The number of nitrogens with one attached hydrogen (secondary N) is 2. The van der Waals surface area contributed by atoms with Crippen LogP contribution < -0.4 is 5.32 Å². The van der Waals surface area contributed by atoms with E-state index in [0.29, 0.717) is 5.69 Å². The van der Waals surface area contributed by atoms with Crippen LogP contribution >= 0.6 is 11.6 Å². The van der Waals surface area contributed by atoms with Crippen molar-refractivity contribution in [3.05, 3.63) is 77.3 Å². The normalized spacial score (nSPS) is 11.5. The van der Waals surface area contributed by atoms with Crippen molar-refractivity contribution in [1.29, 1.82) is 0 Å². The summed E-state index contributed by atoms with van der Waals surface area (Å²) in [7, 11) is -3.44. The second-order valence-electron chi connectivity index (χ2n) is 6.55. The van der Waals surface area contributed by atoms with Crippen molar-refractivity contribution >= 4 is 44.1 Å². The van der Waals surface area contributed by atoms with Gasteiger partial charge in [-0.3, -0.25) is 4.79 Å². The summed E-state index contributed by atoms with van der Waals surface area (Å²) < 4.78 is 23.5. The van der Waals surface area contributed by atoms with Crippen LogP contribution in [0.5, 0.6) is 0 Å². The van der Waals surface area contributed by atoms with Crippen LogP contribution in [0.25, 0.3) is 22.4 Å². The summed E-state index contributed by atoms with van der Waals surface area (Å²) in [5.74, 6) is 0.241. The van der Waals surface area contributed by atoms with E-state index in [-0.39, 0.29) is 15.5 Å². The van der Waals surface area contributed by atoms with Crippen molar-refractivity contribution in [2.24, 2.45) is 0 Å². The molecule has 1 heterocycles. The molecular weight excluding hydrogens is 410 g/mol. The predicted octanol–water partition coefficient (Wildman–Crippen LogP) is 4.54. The first-order valence-electron chi connectivity index (χ1n) is 8.67. The quantitative estimate of drug-likeness (QED) is 0.502. The number of H-pyrrole nitrogens is 1. The Hall–Kier alpha value is -3.16. The molecule has 0 aliphatic heterocycles. The fourth-order valence-electron chi connectivity index (χ4n) is 2.91. The Morgan fingerprint density at radius 1 is 1.03 bits per heavy atom. The van der Waals surface area contributed by atoms with Crippen molar-refractivity contribution in [3.8, 4) is 11.4 Å². The molecule has 0 aliphatic carbocycles. The zero-order valence-corrected chi connectivity index (χ0v) is 16.9. The number of carbonyl (C=O) groups is 1. The van der Waals surface area contributed by atoms with Gasteiger partial charge in [-0.25, -0.2) is 13.4 Å². The molecule has 4 aromatic rings. The van der Waals surface area contributed by atoms with Crippen molar-refractivity contribution in [2.75, 3.05) is 11.6 Å². The molecule has 0 aliphatic rings. The molecule has 0 spiro atoms. The van der Waals surface area contributed by atoms with E-state index in [1.165, 1.54) is 18.2 Å². The number of hydrogen-bond donors (Lipinski definition) is 2. The lowest BCUT2D eigenvalue weighted by molar-refractivity contribution is 0.102. The molecule has 1 aromatic heterocycles. The average Bonchev–Trinajstić information content (AvgIpc) is 3.12. The Bertz CT molecular complexity index is 1300. The minimum absolute atomic E-state index is 0.0345. The van der Waals surface area contributed by atoms with Crippen molar-refractivity contribution in [3.63, 3.8) is 0 Å². The molecule has 146 valence electrons. The number of imidazole rings is 1. The first-order chi connectivity index (χ1) is 13.8. The van der Waals surface area contributed by atoms with Crippen LogP contribution in [0.3, 0.4) is 0 Å². The zero-order valence-electron chi connectivity index (χ0n) is 15.3. The van der Waals surface area contributed by atoms with Crippen LogP contribution in [0.4, 0.5) is 5.69 Å². The molecule has 0 saturated carbocycles. The molecule has 1 amide bonds. The number of aromatic nitrogens is 2. The molecule has 8 heteroatoms. The van der Waals surface area contributed by atoms with Crippen molar-refractivity contribution in [2.45, 2.75) is 4.90 Å². The van der Waals surface area contributed by atoms with Crippen LogP contribution in [0.2, 0.25) is 5.02 Å². The Kier molecular flexibility index (Phi) is 4.86. The monoisotopic (exact) mass is 425 g/mol. The summed E-state index contributed by atoms with van der Waals surface area (Å²) >= 11 is 6.08. The van der Waals surface area contributed by atoms with Gasteiger partial charge in [-0.1, -0.05) is 23.7 Å². The molecule has 0 radical (unpaired) electrons. The molecule has 0 fully saturated rings. The fraction of sp³-hybridized carbons (Fsp3) is 0.0476. The zero-order chi connectivity index (χ0) is 20.6. The minimum Gasteiger partial charge on any atom is -0.338 e. The molecule has 3 aromatic carbocycles. The molecule has 6 nitrogen and oxygen atoms in total. The van der Waals surface area contributed by atoms with E-state index in [1.54, 1.807) is 12.1 Å². The molecule has 2 N–H and O–H groups in total. The highest BCUT2D eigenvalue weighted by atomic mass is 35.5. The first kappa shape index (κ1) is 19.2. The smallest absolute Gasteiger partial charge is 0.257 e. The number of amides is 1. The summed E-state index contributed by atoms with van der Waals surface area (Å²) in [4.78, 5) is 20.4. The van der Waals surface area contributed by atoms with E-state index in [1.807, 2.05) is 36.4 Å². The number of rotatable bonds is 4. The van der Waals surface area contributed by atoms with Gasteiger partial charge in [0.1, 0.15) is 5.82 Å². The molecule has 29 heavy (non-hydrogen) atoms. The number of sulfone groups is 1. The number of halogens is 1. The minimum atomic E-state index is -3.44. The Balaban J connectivity index is 1.57.